The van der Waals surface area contributed by atoms with Gasteiger partial charge < -0.3 is 10.2 Å². The van der Waals surface area contributed by atoms with Gasteiger partial charge in [-0.1, -0.05) is 42.8 Å². The van der Waals surface area contributed by atoms with Crippen LogP contribution in [0.5, 0.6) is 0 Å². The topological polar surface area (TPSA) is 87.1 Å². The predicted molar refractivity (Wildman–Crippen MR) is 135 cm³/mol. The standard InChI is InChI=1S/C30H35F2NO5/c1-17-4-6-18(7-5-17)14-33-15-19-10-21-22-12-24(31)23-11-20(35)8-9-27(23,2)29(22,32)25(36)13-28(21,3)30(19,38-33)26(37)16-34/h4-9,19,21-22,25,34,36H,10-16H2,1-3H3/t19-,21-,22-,25-,27-,28-,29-,30-/m0/s1. The van der Waals surface area contributed by atoms with Crippen molar-refractivity contribution in [3.8, 4) is 0 Å². The van der Waals surface area contributed by atoms with Crippen molar-refractivity contribution < 1.29 is 33.4 Å². The number of halogens is 2. The van der Waals surface area contributed by atoms with E-state index in [1.54, 1.807) is 12.0 Å². The Morgan fingerprint density at radius 2 is 1.92 bits per heavy atom. The lowest BCUT2D eigenvalue weighted by Gasteiger charge is -2.62. The van der Waals surface area contributed by atoms with Gasteiger partial charge in [-0.05, 0) is 49.8 Å². The molecule has 1 aromatic rings. The van der Waals surface area contributed by atoms with Gasteiger partial charge >= 0.3 is 0 Å². The molecule has 1 aliphatic heterocycles. The predicted octanol–water partition coefficient (Wildman–Crippen LogP) is 3.94. The van der Waals surface area contributed by atoms with Crippen LogP contribution in [-0.2, 0) is 21.0 Å². The summed E-state index contributed by atoms with van der Waals surface area (Å²) in [7, 11) is 0. The molecule has 6 nitrogen and oxygen atoms in total. The third-order valence-corrected chi connectivity index (χ3v) is 10.7. The second kappa shape index (κ2) is 8.37. The Labute approximate surface area is 221 Å². The number of fused-ring (bicyclic) bond motifs is 7. The number of nitrogens with zero attached hydrogens (tertiary/aromatic N) is 1. The van der Waals surface area contributed by atoms with Crippen molar-refractivity contribution in [3.63, 3.8) is 0 Å². The smallest absolute Gasteiger partial charge is 0.192 e. The average Bonchev–Trinajstić information content (AvgIpc) is 3.35. The van der Waals surface area contributed by atoms with Gasteiger partial charge in [-0.2, -0.15) is 5.06 Å². The summed E-state index contributed by atoms with van der Waals surface area (Å²) >= 11 is 0. The van der Waals surface area contributed by atoms with Crippen LogP contribution >= 0.6 is 0 Å². The lowest BCUT2D eigenvalue weighted by atomic mass is 9.45. The Morgan fingerprint density at radius 3 is 2.61 bits per heavy atom. The second-order valence-electron chi connectivity index (χ2n) is 12.5. The molecule has 204 valence electrons. The Bertz CT molecular complexity index is 1260. The van der Waals surface area contributed by atoms with Crippen molar-refractivity contribution in [1.29, 1.82) is 0 Å². The number of ketones is 2. The van der Waals surface area contributed by atoms with E-state index in [0.717, 1.165) is 11.1 Å². The van der Waals surface area contributed by atoms with E-state index in [9.17, 15) is 19.8 Å². The monoisotopic (exact) mass is 527 g/mol. The molecule has 1 heterocycles. The fourth-order valence-corrected chi connectivity index (χ4v) is 8.90. The Hall–Kier alpha value is -2.26. The maximum atomic E-state index is 17.4. The van der Waals surface area contributed by atoms with Crippen LogP contribution in [-0.4, -0.2) is 57.4 Å². The number of hydrogen-bond acceptors (Lipinski definition) is 6. The zero-order valence-electron chi connectivity index (χ0n) is 22.0. The molecule has 4 aliphatic carbocycles. The molecular formula is C30H35F2NO5. The molecule has 0 radical (unpaired) electrons. The van der Waals surface area contributed by atoms with Gasteiger partial charge in [0, 0.05) is 48.6 Å². The Balaban J connectivity index is 1.40. The van der Waals surface area contributed by atoms with Gasteiger partial charge in [-0.25, -0.2) is 8.78 Å². The second-order valence-corrected chi connectivity index (χ2v) is 12.5. The van der Waals surface area contributed by atoms with Gasteiger partial charge in [0.2, 0.25) is 0 Å². The van der Waals surface area contributed by atoms with Crippen LogP contribution in [0.15, 0.2) is 47.8 Å². The van der Waals surface area contributed by atoms with Crippen molar-refractivity contribution in [1.82, 2.24) is 5.06 Å². The lowest BCUT2D eigenvalue weighted by Crippen LogP contribution is -2.69. The van der Waals surface area contributed by atoms with Gasteiger partial charge in [0.1, 0.15) is 12.4 Å². The number of carbonyl (C=O) groups is 2. The average molecular weight is 528 g/mol. The van der Waals surface area contributed by atoms with Gasteiger partial charge in [0.15, 0.2) is 22.8 Å². The minimum atomic E-state index is -2.21. The molecule has 2 saturated carbocycles. The summed E-state index contributed by atoms with van der Waals surface area (Å²) in [5, 5.41) is 23.4. The first-order chi connectivity index (χ1) is 17.9. The highest BCUT2D eigenvalue weighted by molar-refractivity contribution is 5.94. The number of alkyl halides is 1. The molecule has 1 saturated heterocycles. The number of aliphatic hydroxyl groups excluding tert-OH is 2. The number of Topliss-reactive ketones (excluding diaryl/α,β-unsaturated/α-hetero) is 1. The maximum absolute atomic E-state index is 17.4. The van der Waals surface area contributed by atoms with E-state index < -0.39 is 58.3 Å². The number of rotatable bonds is 4. The molecule has 8 atom stereocenters. The van der Waals surface area contributed by atoms with Crippen LogP contribution in [0, 0.1) is 35.5 Å². The van der Waals surface area contributed by atoms with Crippen molar-refractivity contribution in [2.45, 2.75) is 70.4 Å². The highest BCUT2D eigenvalue weighted by atomic mass is 19.1. The number of hydrogen-bond donors (Lipinski definition) is 2. The molecule has 0 amide bonds. The molecule has 0 aromatic heterocycles. The minimum absolute atomic E-state index is 0.0719. The summed E-state index contributed by atoms with van der Waals surface area (Å²) in [6, 6.07) is 8.00. The van der Waals surface area contributed by atoms with Crippen molar-refractivity contribution in [2.75, 3.05) is 13.2 Å². The molecule has 0 bridgehead atoms. The maximum Gasteiger partial charge on any atom is 0.192 e. The van der Waals surface area contributed by atoms with E-state index >= 15 is 8.78 Å². The first-order valence-electron chi connectivity index (χ1n) is 13.5. The van der Waals surface area contributed by atoms with Crippen molar-refractivity contribution in [2.24, 2.45) is 28.6 Å². The first-order valence-corrected chi connectivity index (χ1v) is 13.5. The molecule has 0 unspecified atom stereocenters. The Morgan fingerprint density at radius 1 is 1.21 bits per heavy atom. The van der Waals surface area contributed by atoms with Crippen LogP contribution in [0.4, 0.5) is 8.78 Å². The number of allylic oxidation sites excluding steroid dienone is 4. The summed E-state index contributed by atoms with van der Waals surface area (Å²) in [5.41, 5.74) is -3.88. The SMILES string of the molecule is Cc1ccc(CN2C[C@@H]3C[C@H]4[C@@H]5CC(F)=C6CC(=O)C=C[C@]6(C)[C@@]5(F)[C@@H](O)C[C@]4(C)[C@]3(C(=O)CO)O2)cc1. The summed E-state index contributed by atoms with van der Waals surface area (Å²) in [4.78, 5) is 32.1. The van der Waals surface area contributed by atoms with Gasteiger partial charge in [0.05, 0.1) is 6.10 Å². The summed E-state index contributed by atoms with van der Waals surface area (Å²) < 4.78 is 33.1. The minimum Gasteiger partial charge on any atom is -0.390 e. The van der Waals surface area contributed by atoms with Crippen LogP contribution in [0.1, 0.15) is 50.7 Å². The van der Waals surface area contributed by atoms with Crippen molar-refractivity contribution >= 4 is 11.6 Å². The molecule has 0 spiro atoms. The number of benzene rings is 1. The van der Waals surface area contributed by atoms with Crippen molar-refractivity contribution in [3.05, 3.63) is 58.9 Å². The zero-order valence-corrected chi connectivity index (χ0v) is 22.0. The third-order valence-electron chi connectivity index (χ3n) is 10.7. The van der Waals surface area contributed by atoms with Gasteiger partial charge in [0.25, 0.3) is 0 Å². The molecule has 8 heteroatoms. The largest absolute Gasteiger partial charge is 0.390 e. The molecule has 6 rings (SSSR count). The van der Waals surface area contributed by atoms with E-state index in [4.69, 9.17) is 4.84 Å². The third kappa shape index (κ3) is 3.12. The highest BCUT2D eigenvalue weighted by Gasteiger charge is 2.79. The summed E-state index contributed by atoms with van der Waals surface area (Å²) in [5.74, 6) is -2.99. The fourth-order valence-electron chi connectivity index (χ4n) is 8.90. The lowest BCUT2D eigenvalue weighted by molar-refractivity contribution is -0.267. The van der Waals surface area contributed by atoms with E-state index in [1.165, 1.54) is 12.2 Å². The molecule has 3 fully saturated rings. The number of aryl methyl sites for hydroxylation is 1. The normalized spacial score (nSPS) is 44.0. The summed E-state index contributed by atoms with van der Waals surface area (Å²) in [6.07, 6.45) is 1.12. The molecule has 2 N–H and O–H groups in total. The van der Waals surface area contributed by atoms with Crippen LogP contribution in [0.25, 0.3) is 0 Å². The van der Waals surface area contributed by atoms with Crippen LogP contribution < -0.4 is 0 Å². The molecular weight excluding hydrogens is 492 g/mol. The van der Waals surface area contributed by atoms with E-state index in [2.05, 4.69) is 0 Å². The highest BCUT2D eigenvalue weighted by Crippen LogP contribution is 2.72. The number of carbonyl (C=O) groups excluding carboxylic acids is 2. The quantitative estimate of drug-likeness (QED) is 0.617. The zero-order chi connectivity index (χ0) is 27.3. The van der Waals surface area contributed by atoms with E-state index in [-0.39, 0.29) is 36.5 Å². The number of hydroxylamine groups is 2. The van der Waals surface area contributed by atoms with Crippen LogP contribution in [0.2, 0.25) is 0 Å². The summed E-state index contributed by atoms with van der Waals surface area (Å²) in [6.45, 7) is 5.52. The molecule has 1 aromatic carbocycles. The first kappa shape index (κ1) is 26.0. The van der Waals surface area contributed by atoms with E-state index in [1.807, 2.05) is 38.1 Å². The van der Waals surface area contributed by atoms with Gasteiger partial charge in [-0.3, -0.25) is 14.4 Å². The Kier molecular flexibility index (Phi) is 5.72. The fraction of sp³-hybridized carbons (Fsp3) is 0.600. The number of aliphatic hydroxyl groups is 2. The van der Waals surface area contributed by atoms with E-state index in [0.29, 0.717) is 19.5 Å². The molecule has 5 aliphatic rings. The van der Waals surface area contributed by atoms with Gasteiger partial charge in [-0.15, -0.1) is 0 Å². The van der Waals surface area contributed by atoms with Crippen LogP contribution in [0.3, 0.4) is 0 Å². The molecule has 38 heavy (non-hydrogen) atoms.